The number of nitrogens with zero attached hydrogens (tertiary/aromatic N) is 2. The molecule has 1 aliphatic carbocycles. The summed E-state index contributed by atoms with van der Waals surface area (Å²) < 4.78 is 0. The fraction of sp³-hybridized carbons (Fsp3) is 0.467. The van der Waals surface area contributed by atoms with Crippen molar-refractivity contribution in [1.29, 1.82) is 0 Å². The topological polar surface area (TPSA) is 32.7 Å². The number of carbonyl (C=O) groups is 1. The summed E-state index contributed by atoms with van der Waals surface area (Å²) in [4.78, 5) is 12.3. The lowest BCUT2D eigenvalue weighted by molar-refractivity contribution is -0.133. The molecule has 1 fully saturated rings. The molecule has 1 aromatic rings. The Bertz CT molecular complexity index is 490. The second-order valence-electron chi connectivity index (χ2n) is 5.33. The van der Waals surface area contributed by atoms with Gasteiger partial charge in [-0.15, -0.1) is 0 Å². The molecule has 1 heterocycles. The van der Waals surface area contributed by atoms with Gasteiger partial charge in [-0.05, 0) is 38.2 Å². The van der Waals surface area contributed by atoms with Gasteiger partial charge in [0.2, 0.25) is 0 Å². The second kappa shape index (κ2) is 4.23. The minimum atomic E-state index is -0.117. The summed E-state index contributed by atoms with van der Waals surface area (Å²) >= 11 is 0. The minimum Gasteiger partial charge on any atom is -0.272 e. The molecular formula is C15H18N2O. The molecule has 1 saturated carbocycles. The van der Waals surface area contributed by atoms with Gasteiger partial charge in [-0.1, -0.05) is 30.3 Å². The maximum absolute atomic E-state index is 12.3. The molecule has 0 saturated heterocycles. The van der Waals surface area contributed by atoms with Crippen LogP contribution in [0.1, 0.15) is 32.3 Å². The molecule has 0 aromatic heterocycles. The van der Waals surface area contributed by atoms with Crippen LogP contribution in [0.25, 0.3) is 0 Å². The second-order valence-corrected chi connectivity index (χ2v) is 5.33. The van der Waals surface area contributed by atoms with Crippen LogP contribution >= 0.6 is 0 Å². The highest BCUT2D eigenvalue weighted by atomic mass is 16.2. The Morgan fingerprint density at radius 3 is 2.56 bits per heavy atom. The summed E-state index contributed by atoms with van der Waals surface area (Å²) in [5, 5.41) is 6.29. The molecule has 0 spiro atoms. The van der Waals surface area contributed by atoms with E-state index in [1.165, 1.54) is 12.8 Å². The van der Waals surface area contributed by atoms with Crippen LogP contribution in [0.15, 0.2) is 35.4 Å². The van der Waals surface area contributed by atoms with E-state index in [4.69, 9.17) is 0 Å². The van der Waals surface area contributed by atoms with Crippen molar-refractivity contribution >= 4 is 11.6 Å². The van der Waals surface area contributed by atoms with E-state index in [9.17, 15) is 4.79 Å². The molecule has 94 valence electrons. The first kappa shape index (κ1) is 11.5. The van der Waals surface area contributed by atoms with Crippen LogP contribution in [-0.4, -0.2) is 22.7 Å². The van der Waals surface area contributed by atoms with Crippen molar-refractivity contribution < 1.29 is 4.79 Å². The van der Waals surface area contributed by atoms with Crippen LogP contribution in [0.3, 0.4) is 0 Å². The third-order valence-corrected chi connectivity index (χ3v) is 3.98. The zero-order valence-corrected chi connectivity index (χ0v) is 10.8. The fourth-order valence-corrected chi connectivity index (χ4v) is 2.55. The lowest BCUT2D eigenvalue weighted by atomic mass is 9.98. The molecule has 0 bridgehead atoms. The number of hydrazone groups is 1. The van der Waals surface area contributed by atoms with E-state index in [1.807, 2.05) is 37.3 Å². The normalized spacial score (nSPS) is 25.2. The molecule has 2 unspecified atom stereocenters. The predicted octanol–water partition coefficient (Wildman–Crippen LogP) is 2.67. The van der Waals surface area contributed by atoms with Gasteiger partial charge in [-0.3, -0.25) is 4.79 Å². The summed E-state index contributed by atoms with van der Waals surface area (Å²) in [6.45, 7) is 4.06. The van der Waals surface area contributed by atoms with Gasteiger partial charge in [0.15, 0.2) is 0 Å². The summed E-state index contributed by atoms with van der Waals surface area (Å²) in [6.07, 6.45) is 2.46. The molecule has 3 rings (SSSR count). The first-order valence-electron chi connectivity index (χ1n) is 6.65. The Kier molecular flexibility index (Phi) is 2.69. The number of amides is 1. The molecule has 3 nitrogen and oxygen atoms in total. The number of carbonyl (C=O) groups excluding carboxylic acids is 1. The van der Waals surface area contributed by atoms with Crippen LogP contribution < -0.4 is 0 Å². The van der Waals surface area contributed by atoms with E-state index in [0.717, 1.165) is 11.3 Å². The van der Waals surface area contributed by atoms with Gasteiger partial charge in [0.25, 0.3) is 5.91 Å². The van der Waals surface area contributed by atoms with Crippen LogP contribution in [0.5, 0.6) is 0 Å². The number of benzene rings is 1. The molecule has 1 amide bonds. The van der Waals surface area contributed by atoms with Crippen molar-refractivity contribution in [3.05, 3.63) is 35.9 Å². The highest BCUT2D eigenvalue weighted by molar-refractivity contribution is 6.15. The van der Waals surface area contributed by atoms with E-state index in [1.54, 1.807) is 5.01 Å². The first-order valence-corrected chi connectivity index (χ1v) is 6.65. The first-order chi connectivity index (χ1) is 8.68. The van der Waals surface area contributed by atoms with Gasteiger partial charge in [0, 0.05) is 0 Å². The van der Waals surface area contributed by atoms with Gasteiger partial charge < -0.3 is 0 Å². The van der Waals surface area contributed by atoms with Crippen LogP contribution in [-0.2, 0) is 4.79 Å². The number of hydrogen-bond donors (Lipinski definition) is 0. The molecule has 2 aliphatic rings. The molecule has 0 radical (unpaired) electrons. The van der Waals surface area contributed by atoms with Crippen molar-refractivity contribution in [2.45, 2.75) is 32.7 Å². The summed E-state index contributed by atoms with van der Waals surface area (Å²) in [5.41, 5.74) is 1.97. The quantitative estimate of drug-likeness (QED) is 0.802. The molecule has 2 atom stereocenters. The molecule has 1 aliphatic heterocycles. The van der Waals surface area contributed by atoms with E-state index < -0.39 is 0 Å². The Labute approximate surface area is 107 Å². The Morgan fingerprint density at radius 1 is 1.28 bits per heavy atom. The van der Waals surface area contributed by atoms with Crippen molar-refractivity contribution in [2.24, 2.45) is 16.9 Å². The van der Waals surface area contributed by atoms with Gasteiger partial charge in [-0.2, -0.15) is 5.10 Å². The highest BCUT2D eigenvalue weighted by Crippen LogP contribution is 2.37. The maximum atomic E-state index is 12.3. The van der Waals surface area contributed by atoms with E-state index in [2.05, 4.69) is 12.0 Å². The smallest absolute Gasteiger partial charge is 0.251 e. The molecular weight excluding hydrogens is 224 g/mol. The average molecular weight is 242 g/mol. The van der Waals surface area contributed by atoms with E-state index in [-0.39, 0.29) is 17.9 Å². The summed E-state index contributed by atoms with van der Waals surface area (Å²) in [7, 11) is 0. The van der Waals surface area contributed by atoms with Crippen molar-refractivity contribution in [2.75, 3.05) is 0 Å². The number of hydrogen-bond acceptors (Lipinski definition) is 2. The fourth-order valence-electron chi connectivity index (χ4n) is 2.55. The maximum Gasteiger partial charge on any atom is 0.251 e. The van der Waals surface area contributed by atoms with E-state index in [0.29, 0.717) is 5.92 Å². The minimum absolute atomic E-state index is 0.117. The molecule has 0 N–H and O–H groups in total. The molecule has 1 aromatic carbocycles. The molecule has 18 heavy (non-hydrogen) atoms. The largest absolute Gasteiger partial charge is 0.272 e. The predicted molar refractivity (Wildman–Crippen MR) is 71.2 cm³/mol. The Balaban J connectivity index is 1.90. The van der Waals surface area contributed by atoms with Gasteiger partial charge >= 0.3 is 0 Å². The number of rotatable bonds is 3. The zero-order chi connectivity index (χ0) is 12.7. The van der Waals surface area contributed by atoms with Gasteiger partial charge in [0.1, 0.15) is 0 Å². The lowest BCUT2D eigenvalue weighted by Gasteiger charge is -2.20. The third-order valence-electron chi connectivity index (χ3n) is 3.98. The van der Waals surface area contributed by atoms with Crippen LogP contribution in [0, 0.1) is 11.8 Å². The zero-order valence-electron chi connectivity index (χ0n) is 10.8. The van der Waals surface area contributed by atoms with Crippen LogP contribution in [0.2, 0.25) is 0 Å². The standard InChI is InChI=1S/C15H18N2O/c1-10-14(13-6-4-3-5-7-13)16-17(15(10)18)11(2)12-8-9-12/h3-7,10-12H,8-9H2,1-2H3. The Morgan fingerprint density at radius 2 is 1.94 bits per heavy atom. The van der Waals surface area contributed by atoms with Crippen molar-refractivity contribution in [3.8, 4) is 0 Å². The van der Waals surface area contributed by atoms with Gasteiger partial charge in [-0.25, -0.2) is 5.01 Å². The van der Waals surface area contributed by atoms with E-state index >= 15 is 0 Å². The van der Waals surface area contributed by atoms with Crippen LogP contribution in [0.4, 0.5) is 0 Å². The van der Waals surface area contributed by atoms with Gasteiger partial charge in [0.05, 0.1) is 17.7 Å². The summed E-state index contributed by atoms with van der Waals surface area (Å²) in [5.74, 6) is 0.682. The highest BCUT2D eigenvalue weighted by Gasteiger charge is 2.40. The third kappa shape index (κ3) is 1.84. The lowest BCUT2D eigenvalue weighted by Crippen LogP contribution is -2.34. The Hall–Kier alpha value is -1.64. The SMILES string of the molecule is CC1C(=O)N(C(C)C2CC2)N=C1c1ccccc1. The monoisotopic (exact) mass is 242 g/mol. The van der Waals surface area contributed by atoms with Crippen molar-refractivity contribution in [3.63, 3.8) is 0 Å². The molecule has 3 heteroatoms. The van der Waals surface area contributed by atoms with Crippen molar-refractivity contribution in [1.82, 2.24) is 5.01 Å². The average Bonchev–Trinajstić information content (AvgIpc) is 3.19. The summed E-state index contributed by atoms with van der Waals surface area (Å²) in [6, 6.07) is 10.3.